The molecule has 1 heterocycles. The predicted molar refractivity (Wildman–Crippen MR) is 109 cm³/mol. The number of hydrogen-bond donors (Lipinski definition) is 2. The number of sulfonamides is 1. The van der Waals surface area contributed by atoms with E-state index in [-0.39, 0.29) is 27.2 Å². The van der Waals surface area contributed by atoms with Gasteiger partial charge in [-0.2, -0.15) is 0 Å². The van der Waals surface area contributed by atoms with Crippen molar-refractivity contribution in [1.82, 2.24) is 14.9 Å². The first-order chi connectivity index (χ1) is 13.1. The molecule has 1 aromatic heterocycles. The first kappa shape index (κ1) is 22.3. The van der Waals surface area contributed by atoms with Crippen molar-refractivity contribution in [2.75, 3.05) is 12.4 Å². The smallest absolute Gasteiger partial charge is 0.270 e. The summed E-state index contributed by atoms with van der Waals surface area (Å²) in [4.78, 5) is 11.8. The van der Waals surface area contributed by atoms with E-state index in [1.165, 1.54) is 0 Å². The second-order valence-corrected chi connectivity index (χ2v) is 9.96. The van der Waals surface area contributed by atoms with Crippen LogP contribution < -0.4 is 14.8 Å². The van der Waals surface area contributed by atoms with E-state index in [2.05, 4.69) is 20.2 Å². The molecule has 0 aliphatic heterocycles. The van der Waals surface area contributed by atoms with Crippen LogP contribution in [0.15, 0.2) is 28.6 Å². The van der Waals surface area contributed by atoms with Gasteiger partial charge in [-0.25, -0.2) is 13.1 Å². The van der Waals surface area contributed by atoms with Gasteiger partial charge < -0.3 is 10.1 Å². The summed E-state index contributed by atoms with van der Waals surface area (Å²) >= 11 is 0.823. The molecule has 1 aromatic carbocycles. The fourth-order valence-electron chi connectivity index (χ4n) is 2.42. The minimum atomic E-state index is -3.89. The fourth-order valence-corrected chi connectivity index (χ4v) is 4.57. The van der Waals surface area contributed by atoms with Gasteiger partial charge >= 0.3 is 0 Å². The molecular formula is C18H26N4O4S2. The lowest BCUT2D eigenvalue weighted by molar-refractivity contribution is -0.118. The Morgan fingerprint density at radius 1 is 1.14 bits per heavy atom. The first-order valence-corrected chi connectivity index (χ1v) is 11.2. The molecule has 0 bridgehead atoms. The summed E-state index contributed by atoms with van der Waals surface area (Å²) in [6, 6.07) is 6.84. The van der Waals surface area contributed by atoms with E-state index in [1.807, 2.05) is 26.0 Å². The highest BCUT2D eigenvalue weighted by molar-refractivity contribution is 7.91. The third-order valence-corrected chi connectivity index (χ3v) is 6.59. The number of aromatic nitrogens is 2. The molecule has 0 fully saturated rings. The van der Waals surface area contributed by atoms with E-state index in [0.717, 1.165) is 16.9 Å². The Labute approximate surface area is 169 Å². The highest BCUT2D eigenvalue weighted by atomic mass is 32.2. The molecule has 154 valence electrons. The number of nitrogens with one attached hydrogen (secondary N) is 2. The molecule has 2 N–H and O–H groups in total. The van der Waals surface area contributed by atoms with E-state index < -0.39 is 16.1 Å². The number of carbonyl (C=O) groups is 1. The van der Waals surface area contributed by atoms with Gasteiger partial charge in [0.1, 0.15) is 5.75 Å². The number of rotatable bonds is 9. The van der Waals surface area contributed by atoms with Gasteiger partial charge in [-0.1, -0.05) is 51.2 Å². The van der Waals surface area contributed by atoms with Gasteiger partial charge in [0.15, 0.2) is 0 Å². The zero-order valence-corrected chi connectivity index (χ0v) is 18.2. The van der Waals surface area contributed by atoms with Crippen molar-refractivity contribution in [3.8, 4) is 5.75 Å². The van der Waals surface area contributed by atoms with E-state index >= 15 is 0 Å². The Morgan fingerprint density at radius 3 is 2.32 bits per heavy atom. The number of anilines is 1. The molecule has 8 nitrogen and oxygen atoms in total. The van der Waals surface area contributed by atoms with Crippen LogP contribution in [-0.2, 0) is 14.8 Å². The molecule has 1 unspecified atom stereocenters. The molecule has 2 aromatic rings. The van der Waals surface area contributed by atoms with Crippen LogP contribution in [0.5, 0.6) is 5.75 Å². The maximum absolute atomic E-state index is 12.8. The standard InChI is InChI=1S/C18H26N4O4S2/c1-11(2)10-15(13-6-8-14(26-5)9-7-13)22-28(24,25)18-21-20-17(27-18)19-16(23)12(3)4/h6-9,11-12,15,22H,10H2,1-5H3,(H,19,20,23). The lowest BCUT2D eigenvalue weighted by atomic mass is 9.98. The molecule has 0 saturated heterocycles. The minimum absolute atomic E-state index is 0.156. The predicted octanol–water partition coefficient (Wildman–Crippen LogP) is 3.21. The van der Waals surface area contributed by atoms with Gasteiger partial charge in [0, 0.05) is 12.0 Å². The third-order valence-electron chi connectivity index (χ3n) is 3.91. The van der Waals surface area contributed by atoms with Gasteiger partial charge in [0.25, 0.3) is 10.0 Å². The lowest BCUT2D eigenvalue weighted by Gasteiger charge is -2.20. The van der Waals surface area contributed by atoms with Crippen LogP contribution in [0.4, 0.5) is 5.13 Å². The fraction of sp³-hybridized carbons (Fsp3) is 0.500. The molecule has 10 heteroatoms. The summed E-state index contributed by atoms with van der Waals surface area (Å²) in [5, 5.41) is 10.2. The van der Waals surface area contributed by atoms with E-state index in [9.17, 15) is 13.2 Å². The van der Waals surface area contributed by atoms with Crippen molar-refractivity contribution in [2.24, 2.45) is 11.8 Å². The van der Waals surface area contributed by atoms with Gasteiger partial charge in [0.05, 0.1) is 7.11 Å². The van der Waals surface area contributed by atoms with Crippen LogP contribution in [0.3, 0.4) is 0 Å². The molecule has 1 atom stereocenters. The van der Waals surface area contributed by atoms with E-state index in [1.54, 1.807) is 33.1 Å². The maximum atomic E-state index is 12.8. The topological polar surface area (TPSA) is 110 Å². The van der Waals surface area contributed by atoms with Gasteiger partial charge in [0.2, 0.25) is 15.4 Å². The van der Waals surface area contributed by atoms with Crippen LogP contribution in [0.2, 0.25) is 0 Å². The molecule has 0 aliphatic rings. The highest BCUT2D eigenvalue weighted by Gasteiger charge is 2.26. The molecular weight excluding hydrogens is 400 g/mol. The van der Waals surface area contributed by atoms with Crippen molar-refractivity contribution in [1.29, 1.82) is 0 Å². The van der Waals surface area contributed by atoms with Crippen LogP contribution in [0, 0.1) is 11.8 Å². The van der Waals surface area contributed by atoms with Crippen molar-refractivity contribution in [3.63, 3.8) is 0 Å². The number of hydrogen-bond acceptors (Lipinski definition) is 7. The Hall–Kier alpha value is -2.04. The Balaban J connectivity index is 2.22. The Bertz CT molecular complexity index is 893. The monoisotopic (exact) mass is 426 g/mol. The number of ether oxygens (including phenoxy) is 1. The number of methoxy groups -OCH3 is 1. The normalized spacial score (nSPS) is 13.0. The second-order valence-electron chi connectivity index (χ2n) is 7.09. The lowest BCUT2D eigenvalue weighted by Crippen LogP contribution is -2.29. The Kier molecular flexibility index (Phi) is 7.50. The molecule has 1 amide bonds. The first-order valence-electron chi connectivity index (χ1n) is 8.93. The molecule has 0 radical (unpaired) electrons. The number of amides is 1. The summed E-state index contributed by atoms with van der Waals surface area (Å²) < 4.78 is 33.3. The minimum Gasteiger partial charge on any atom is -0.497 e. The number of carbonyl (C=O) groups excluding carboxylic acids is 1. The molecule has 28 heavy (non-hydrogen) atoms. The third kappa shape index (κ3) is 5.98. The van der Waals surface area contributed by atoms with Gasteiger partial charge in [-0.05, 0) is 30.0 Å². The zero-order valence-electron chi connectivity index (χ0n) is 16.6. The van der Waals surface area contributed by atoms with Crippen LogP contribution in [0.25, 0.3) is 0 Å². The second kappa shape index (κ2) is 9.44. The van der Waals surface area contributed by atoms with Crippen molar-refractivity contribution >= 4 is 32.4 Å². The van der Waals surface area contributed by atoms with Crippen LogP contribution in [0.1, 0.15) is 45.7 Å². The quantitative estimate of drug-likeness (QED) is 0.596. The van der Waals surface area contributed by atoms with Crippen molar-refractivity contribution in [2.45, 2.75) is 44.5 Å². The van der Waals surface area contributed by atoms with E-state index in [0.29, 0.717) is 12.2 Å². The van der Waals surface area contributed by atoms with Crippen LogP contribution >= 0.6 is 11.3 Å². The average molecular weight is 427 g/mol. The zero-order chi connectivity index (χ0) is 20.9. The van der Waals surface area contributed by atoms with E-state index in [4.69, 9.17) is 4.74 Å². The molecule has 0 aliphatic carbocycles. The summed E-state index contributed by atoms with van der Waals surface area (Å²) in [6.07, 6.45) is 0.612. The largest absolute Gasteiger partial charge is 0.497 e. The number of nitrogens with zero attached hydrogens (tertiary/aromatic N) is 2. The van der Waals surface area contributed by atoms with Crippen molar-refractivity contribution in [3.05, 3.63) is 29.8 Å². The summed E-state index contributed by atoms with van der Waals surface area (Å²) in [7, 11) is -2.31. The summed E-state index contributed by atoms with van der Waals surface area (Å²) in [5.74, 6) is 0.478. The van der Waals surface area contributed by atoms with Crippen LogP contribution in [-0.4, -0.2) is 31.6 Å². The average Bonchev–Trinajstić information content (AvgIpc) is 3.10. The molecule has 0 saturated carbocycles. The number of benzene rings is 1. The Morgan fingerprint density at radius 2 is 1.79 bits per heavy atom. The summed E-state index contributed by atoms with van der Waals surface area (Å²) in [6.45, 7) is 7.52. The molecule has 0 spiro atoms. The van der Waals surface area contributed by atoms with Crippen molar-refractivity contribution < 1.29 is 17.9 Å². The van der Waals surface area contributed by atoms with Gasteiger partial charge in [-0.15, -0.1) is 10.2 Å². The maximum Gasteiger partial charge on any atom is 0.270 e. The highest BCUT2D eigenvalue weighted by Crippen LogP contribution is 2.27. The SMILES string of the molecule is COc1ccc(C(CC(C)C)NS(=O)(=O)c2nnc(NC(=O)C(C)C)s2)cc1. The summed E-state index contributed by atoms with van der Waals surface area (Å²) in [5.41, 5.74) is 0.830. The molecule has 2 rings (SSSR count). The van der Waals surface area contributed by atoms with Gasteiger partial charge in [-0.3, -0.25) is 4.79 Å².